The lowest BCUT2D eigenvalue weighted by molar-refractivity contribution is -0.137. The summed E-state index contributed by atoms with van der Waals surface area (Å²) in [6, 6.07) is 1.34. The van der Waals surface area contributed by atoms with E-state index in [1.807, 2.05) is 0 Å². The first-order valence-electron chi connectivity index (χ1n) is 6.75. The zero-order valence-corrected chi connectivity index (χ0v) is 11.8. The smallest absolute Gasteiger partial charge is 0.370 e. The van der Waals surface area contributed by atoms with Gasteiger partial charge >= 0.3 is 6.18 Å². The third-order valence-corrected chi connectivity index (χ3v) is 3.17. The second kappa shape index (κ2) is 5.95. The fraction of sp³-hybridized carbons (Fsp3) is 0.385. The van der Waals surface area contributed by atoms with Crippen molar-refractivity contribution in [2.45, 2.75) is 32.4 Å². The van der Waals surface area contributed by atoms with Gasteiger partial charge in [0.1, 0.15) is 0 Å². The molecule has 0 fully saturated rings. The fourth-order valence-corrected chi connectivity index (χ4v) is 2.02. The maximum absolute atomic E-state index is 12.2. The first-order chi connectivity index (χ1) is 10.9. The zero-order chi connectivity index (χ0) is 16.4. The van der Waals surface area contributed by atoms with Crippen molar-refractivity contribution in [1.82, 2.24) is 19.7 Å². The van der Waals surface area contributed by atoms with Gasteiger partial charge in [0.2, 0.25) is 5.95 Å². The molecule has 1 amide bonds. The summed E-state index contributed by atoms with van der Waals surface area (Å²) in [7, 11) is 0. The summed E-state index contributed by atoms with van der Waals surface area (Å²) in [6.07, 6.45) is -2.40. The van der Waals surface area contributed by atoms with Crippen LogP contribution < -0.4 is 5.32 Å². The molecule has 0 radical (unpaired) electrons. The quantitative estimate of drug-likeness (QED) is 0.927. The Morgan fingerprint density at radius 1 is 1.39 bits per heavy atom. The number of aryl methyl sites for hydroxylation is 1. The molecular weight excluding hydrogens is 315 g/mol. The standard InChI is InChI=1S/C13H12F3N5O2/c14-13(15,16)2-4-21-3-1-9(20-21)11(22)19-12-17-5-8-6-23-7-10(8)18-12/h1,3,5H,2,4,6-7H2,(H,17,18,19,22). The molecule has 7 nitrogen and oxygen atoms in total. The molecule has 1 aliphatic heterocycles. The topological polar surface area (TPSA) is 81.9 Å². The number of halogens is 3. The van der Waals surface area contributed by atoms with Crippen molar-refractivity contribution in [1.29, 1.82) is 0 Å². The molecule has 122 valence electrons. The minimum atomic E-state index is -4.27. The Kier molecular flexibility index (Phi) is 3.99. The molecule has 0 saturated heterocycles. The first kappa shape index (κ1) is 15.4. The van der Waals surface area contributed by atoms with Gasteiger partial charge in [0.15, 0.2) is 5.69 Å². The van der Waals surface area contributed by atoms with E-state index in [-0.39, 0.29) is 18.2 Å². The van der Waals surface area contributed by atoms with Crippen molar-refractivity contribution in [3.05, 3.63) is 35.4 Å². The second-order valence-corrected chi connectivity index (χ2v) is 4.94. The number of fused-ring (bicyclic) bond motifs is 1. The highest BCUT2D eigenvalue weighted by Crippen LogP contribution is 2.20. The molecule has 1 aliphatic rings. The molecule has 3 rings (SSSR count). The summed E-state index contributed by atoms with van der Waals surface area (Å²) in [5.41, 5.74) is 1.55. The highest BCUT2D eigenvalue weighted by atomic mass is 19.4. The Labute approximate surface area is 128 Å². The number of hydrogen-bond acceptors (Lipinski definition) is 5. The van der Waals surface area contributed by atoms with Crippen molar-refractivity contribution in [3.8, 4) is 0 Å². The van der Waals surface area contributed by atoms with Crippen LogP contribution in [0.15, 0.2) is 18.5 Å². The van der Waals surface area contributed by atoms with Crippen molar-refractivity contribution in [3.63, 3.8) is 0 Å². The van der Waals surface area contributed by atoms with E-state index in [1.165, 1.54) is 12.3 Å². The van der Waals surface area contributed by atoms with E-state index in [4.69, 9.17) is 4.74 Å². The van der Waals surface area contributed by atoms with Gasteiger partial charge in [-0.05, 0) is 6.07 Å². The van der Waals surface area contributed by atoms with Crippen molar-refractivity contribution < 1.29 is 22.7 Å². The zero-order valence-electron chi connectivity index (χ0n) is 11.8. The largest absolute Gasteiger partial charge is 0.390 e. The number of alkyl halides is 3. The molecule has 10 heteroatoms. The van der Waals surface area contributed by atoms with Gasteiger partial charge in [-0.1, -0.05) is 0 Å². The summed E-state index contributed by atoms with van der Waals surface area (Å²) in [4.78, 5) is 20.1. The van der Waals surface area contributed by atoms with Crippen molar-refractivity contribution in [2.75, 3.05) is 5.32 Å². The average molecular weight is 327 g/mol. The number of hydrogen-bond donors (Lipinski definition) is 1. The van der Waals surface area contributed by atoms with Crippen LogP contribution in [0.3, 0.4) is 0 Å². The third-order valence-electron chi connectivity index (χ3n) is 3.17. The van der Waals surface area contributed by atoms with Crippen LogP contribution in [0.1, 0.15) is 28.2 Å². The fourth-order valence-electron chi connectivity index (χ4n) is 2.02. The SMILES string of the molecule is O=C(Nc1ncc2c(n1)COC2)c1ccn(CCC(F)(F)F)n1. The lowest BCUT2D eigenvalue weighted by Gasteiger charge is -2.05. The number of carbonyl (C=O) groups is 1. The first-order valence-corrected chi connectivity index (χ1v) is 6.75. The molecule has 1 N–H and O–H groups in total. The lowest BCUT2D eigenvalue weighted by atomic mass is 10.3. The number of aromatic nitrogens is 4. The van der Waals surface area contributed by atoms with E-state index >= 15 is 0 Å². The van der Waals surface area contributed by atoms with Gasteiger partial charge in [-0.3, -0.25) is 14.8 Å². The minimum absolute atomic E-state index is 0.00692. The Morgan fingerprint density at radius 3 is 3.00 bits per heavy atom. The number of rotatable bonds is 4. The van der Waals surface area contributed by atoms with Gasteiger partial charge in [0, 0.05) is 24.5 Å². The maximum Gasteiger partial charge on any atom is 0.390 e. The number of amides is 1. The molecule has 23 heavy (non-hydrogen) atoms. The number of nitrogens with one attached hydrogen (secondary N) is 1. The van der Waals surface area contributed by atoms with Crippen LogP contribution in [-0.4, -0.2) is 31.8 Å². The summed E-state index contributed by atoms with van der Waals surface area (Å²) in [5, 5.41) is 6.27. The van der Waals surface area contributed by atoms with Crippen LogP contribution in [0.4, 0.5) is 19.1 Å². The Morgan fingerprint density at radius 2 is 2.22 bits per heavy atom. The van der Waals surface area contributed by atoms with Gasteiger partial charge in [-0.2, -0.15) is 18.3 Å². The van der Waals surface area contributed by atoms with Crippen LogP contribution in [0.2, 0.25) is 0 Å². The van der Waals surface area contributed by atoms with E-state index < -0.39 is 18.5 Å². The van der Waals surface area contributed by atoms with Crippen LogP contribution >= 0.6 is 0 Å². The molecule has 0 aliphatic carbocycles. The highest BCUT2D eigenvalue weighted by molar-refractivity contribution is 6.01. The molecule has 3 heterocycles. The van der Waals surface area contributed by atoms with Crippen LogP contribution in [0, 0.1) is 0 Å². The van der Waals surface area contributed by atoms with Crippen LogP contribution in [0.25, 0.3) is 0 Å². The Bertz CT molecular complexity index is 729. The third kappa shape index (κ3) is 3.83. The molecule has 0 unspecified atom stereocenters. The predicted molar refractivity (Wildman–Crippen MR) is 71.4 cm³/mol. The van der Waals surface area contributed by atoms with E-state index in [9.17, 15) is 18.0 Å². The van der Waals surface area contributed by atoms with Gasteiger partial charge in [0.25, 0.3) is 5.91 Å². The molecular formula is C13H12F3N5O2. The predicted octanol–water partition coefficient (Wildman–Crippen LogP) is 1.91. The monoisotopic (exact) mass is 327 g/mol. The van der Waals surface area contributed by atoms with E-state index in [0.29, 0.717) is 18.9 Å². The molecule has 0 bridgehead atoms. The normalized spacial score (nSPS) is 13.9. The highest BCUT2D eigenvalue weighted by Gasteiger charge is 2.27. The Hall–Kier alpha value is -2.49. The molecule has 0 atom stereocenters. The van der Waals surface area contributed by atoms with Gasteiger partial charge in [-0.15, -0.1) is 0 Å². The van der Waals surface area contributed by atoms with Gasteiger partial charge in [0.05, 0.1) is 25.3 Å². The van der Waals surface area contributed by atoms with E-state index in [2.05, 4.69) is 20.4 Å². The summed E-state index contributed by atoms with van der Waals surface area (Å²) in [5.74, 6) is -0.487. The molecule has 0 spiro atoms. The maximum atomic E-state index is 12.2. The number of ether oxygens (including phenoxy) is 1. The van der Waals surface area contributed by atoms with Crippen LogP contribution in [-0.2, 0) is 24.5 Å². The second-order valence-electron chi connectivity index (χ2n) is 4.94. The lowest BCUT2D eigenvalue weighted by Crippen LogP contribution is -2.17. The molecule has 0 aromatic carbocycles. The number of carbonyl (C=O) groups excluding carboxylic acids is 1. The van der Waals surface area contributed by atoms with E-state index in [0.717, 1.165) is 10.2 Å². The number of anilines is 1. The van der Waals surface area contributed by atoms with Crippen LogP contribution in [0.5, 0.6) is 0 Å². The summed E-state index contributed by atoms with van der Waals surface area (Å²) >= 11 is 0. The Balaban J connectivity index is 1.63. The van der Waals surface area contributed by atoms with Crippen molar-refractivity contribution >= 4 is 11.9 Å². The molecule has 2 aromatic rings. The van der Waals surface area contributed by atoms with Gasteiger partial charge < -0.3 is 4.74 Å². The average Bonchev–Trinajstić information content (AvgIpc) is 3.13. The minimum Gasteiger partial charge on any atom is -0.370 e. The number of nitrogens with zero attached hydrogens (tertiary/aromatic N) is 4. The summed E-state index contributed by atoms with van der Waals surface area (Å²) in [6.45, 7) is 0.448. The van der Waals surface area contributed by atoms with Crippen molar-refractivity contribution in [2.24, 2.45) is 0 Å². The molecule has 2 aromatic heterocycles. The van der Waals surface area contributed by atoms with Gasteiger partial charge in [-0.25, -0.2) is 9.97 Å². The van der Waals surface area contributed by atoms with E-state index in [1.54, 1.807) is 6.20 Å². The summed E-state index contributed by atoms with van der Waals surface area (Å²) < 4.78 is 42.7. The molecule has 0 saturated carbocycles.